The first-order valence-electron chi connectivity index (χ1n) is 5.50. The van der Waals surface area contributed by atoms with E-state index < -0.39 is 0 Å². The number of hydrogen-bond acceptors (Lipinski definition) is 3. The van der Waals surface area contributed by atoms with Crippen molar-refractivity contribution >= 4 is 6.21 Å². The first-order chi connectivity index (χ1) is 7.36. The molecule has 3 heteroatoms. The number of nitrogens with zero attached hydrogens (tertiary/aromatic N) is 3. The smallest absolute Gasteiger partial charge is 0.0807 e. The average molecular weight is 205 g/mol. The Balaban J connectivity index is 2.28. The predicted octanol–water partition coefficient (Wildman–Crippen LogP) is 1.84. The Morgan fingerprint density at radius 1 is 1.33 bits per heavy atom. The summed E-state index contributed by atoms with van der Waals surface area (Å²) in [5.74, 6) is 0. The Kier molecular flexibility index (Phi) is 5.63. The molecule has 1 heterocycles. The third-order valence-corrected chi connectivity index (χ3v) is 2.35. The Morgan fingerprint density at radius 2 is 2.13 bits per heavy atom. The first kappa shape index (κ1) is 11.9. The maximum Gasteiger partial charge on any atom is 0.0807 e. The molecule has 3 nitrogen and oxygen atoms in total. The van der Waals surface area contributed by atoms with E-state index in [-0.39, 0.29) is 0 Å². The van der Waals surface area contributed by atoms with Crippen LogP contribution in [0.4, 0.5) is 0 Å². The summed E-state index contributed by atoms with van der Waals surface area (Å²) in [6.07, 6.45) is 3.62. The quantitative estimate of drug-likeness (QED) is 0.663. The van der Waals surface area contributed by atoms with Gasteiger partial charge in [0.15, 0.2) is 0 Å². The van der Waals surface area contributed by atoms with E-state index >= 15 is 0 Å². The molecule has 0 fully saturated rings. The molecule has 0 aromatic carbocycles. The number of aliphatic imine (C=N–C) groups is 1. The zero-order valence-corrected chi connectivity index (χ0v) is 9.56. The lowest BCUT2D eigenvalue weighted by molar-refractivity contribution is 0.313. The summed E-state index contributed by atoms with van der Waals surface area (Å²) in [5, 5.41) is 0. The van der Waals surface area contributed by atoms with Gasteiger partial charge in [-0.25, -0.2) is 0 Å². The molecule has 0 amide bonds. The molecule has 0 unspecified atom stereocenters. The summed E-state index contributed by atoms with van der Waals surface area (Å²) in [7, 11) is 0. The van der Waals surface area contributed by atoms with Crippen molar-refractivity contribution in [1.29, 1.82) is 0 Å². The molecule has 0 bridgehead atoms. The van der Waals surface area contributed by atoms with Crippen molar-refractivity contribution in [2.75, 3.05) is 26.2 Å². The van der Waals surface area contributed by atoms with Crippen LogP contribution in [0, 0.1) is 0 Å². The van der Waals surface area contributed by atoms with Gasteiger partial charge < -0.3 is 4.90 Å². The molecule has 0 atom stereocenters. The van der Waals surface area contributed by atoms with Gasteiger partial charge in [-0.2, -0.15) is 0 Å². The summed E-state index contributed by atoms with van der Waals surface area (Å²) < 4.78 is 0. The topological polar surface area (TPSA) is 28.5 Å². The van der Waals surface area contributed by atoms with Crippen LogP contribution in [0.2, 0.25) is 0 Å². The highest BCUT2D eigenvalue weighted by Gasteiger charge is 1.95. The van der Waals surface area contributed by atoms with E-state index in [1.165, 1.54) is 0 Å². The van der Waals surface area contributed by atoms with Crippen molar-refractivity contribution in [1.82, 2.24) is 9.88 Å². The molecule has 1 rings (SSSR count). The van der Waals surface area contributed by atoms with Crippen molar-refractivity contribution in [2.24, 2.45) is 4.99 Å². The van der Waals surface area contributed by atoms with Crippen LogP contribution >= 0.6 is 0 Å². The second kappa shape index (κ2) is 7.12. The van der Waals surface area contributed by atoms with Crippen molar-refractivity contribution in [3.63, 3.8) is 0 Å². The van der Waals surface area contributed by atoms with E-state index in [0.29, 0.717) is 0 Å². The van der Waals surface area contributed by atoms with Gasteiger partial charge >= 0.3 is 0 Å². The van der Waals surface area contributed by atoms with E-state index in [1.807, 2.05) is 24.4 Å². The number of likely N-dealkylation sites (N-methyl/N-ethyl adjacent to an activating group) is 1. The molecule has 82 valence electrons. The van der Waals surface area contributed by atoms with Gasteiger partial charge in [0.05, 0.1) is 12.2 Å². The van der Waals surface area contributed by atoms with Crippen LogP contribution in [0.25, 0.3) is 0 Å². The molecule has 0 saturated carbocycles. The minimum atomic E-state index is 0.845. The van der Waals surface area contributed by atoms with Gasteiger partial charge in [-0.1, -0.05) is 19.9 Å². The minimum absolute atomic E-state index is 0.845. The molecule has 0 spiro atoms. The molecule has 0 aliphatic heterocycles. The normalized spacial score (nSPS) is 11.4. The zero-order valence-electron chi connectivity index (χ0n) is 9.56. The fourth-order valence-electron chi connectivity index (χ4n) is 1.35. The van der Waals surface area contributed by atoms with E-state index in [4.69, 9.17) is 0 Å². The summed E-state index contributed by atoms with van der Waals surface area (Å²) in [6, 6.07) is 5.84. The van der Waals surface area contributed by atoms with Gasteiger partial charge in [0.1, 0.15) is 0 Å². The minimum Gasteiger partial charge on any atom is -0.302 e. The number of pyridine rings is 1. The van der Waals surface area contributed by atoms with E-state index in [1.54, 1.807) is 6.20 Å². The van der Waals surface area contributed by atoms with Crippen LogP contribution < -0.4 is 0 Å². The molecule has 0 N–H and O–H groups in total. The largest absolute Gasteiger partial charge is 0.302 e. The third kappa shape index (κ3) is 4.70. The fourth-order valence-corrected chi connectivity index (χ4v) is 1.35. The summed E-state index contributed by atoms with van der Waals surface area (Å²) in [5.41, 5.74) is 0.928. The molecule has 0 saturated heterocycles. The Hall–Kier alpha value is -1.22. The van der Waals surface area contributed by atoms with Crippen molar-refractivity contribution < 1.29 is 0 Å². The van der Waals surface area contributed by atoms with Crippen LogP contribution in [-0.4, -0.2) is 42.3 Å². The van der Waals surface area contributed by atoms with Gasteiger partial charge in [0.25, 0.3) is 0 Å². The van der Waals surface area contributed by atoms with E-state index in [2.05, 4.69) is 28.7 Å². The summed E-state index contributed by atoms with van der Waals surface area (Å²) >= 11 is 0. The lowest BCUT2D eigenvalue weighted by Crippen LogP contribution is -2.25. The van der Waals surface area contributed by atoms with Gasteiger partial charge in [-0.3, -0.25) is 9.98 Å². The Bertz CT molecular complexity index is 278. The predicted molar refractivity (Wildman–Crippen MR) is 64.5 cm³/mol. The highest BCUT2D eigenvalue weighted by molar-refractivity contribution is 5.76. The van der Waals surface area contributed by atoms with Crippen molar-refractivity contribution in [3.05, 3.63) is 30.1 Å². The second-order valence-electron chi connectivity index (χ2n) is 3.32. The first-order valence-corrected chi connectivity index (χ1v) is 5.50. The lowest BCUT2D eigenvalue weighted by atomic mass is 10.4. The molecule has 0 aliphatic carbocycles. The average Bonchev–Trinajstić information content (AvgIpc) is 2.31. The Labute approximate surface area is 91.9 Å². The van der Waals surface area contributed by atoms with Crippen molar-refractivity contribution in [2.45, 2.75) is 13.8 Å². The molecule has 1 aromatic heterocycles. The number of aromatic nitrogens is 1. The fraction of sp³-hybridized carbons (Fsp3) is 0.500. The van der Waals surface area contributed by atoms with Crippen LogP contribution in [-0.2, 0) is 0 Å². The van der Waals surface area contributed by atoms with Crippen LogP contribution in [0.15, 0.2) is 29.4 Å². The van der Waals surface area contributed by atoms with Gasteiger partial charge in [0, 0.05) is 19.0 Å². The lowest BCUT2D eigenvalue weighted by Gasteiger charge is -2.15. The van der Waals surface area contributed by atoms with Gasteiger partial charge in [-0.15, -0.1) is 0 Å². The summed E-state index contributed by atoms with van der Waals surface area (Å²) in [4.78, 5) is 10.9. The van der Waals surface area contributed by atoms with E-state index in [9.17, 15) is 0 Å². The number of hydrogen-bond donors (Lipinski definition) is 0. The third-order valence-electron chi connectivity index (χ3n) is 2.35. The van der Waals surface area contributed by atoms with Gasteiger partial charge in [-0.05, 0) is 25.2 Å². The number of rotatable bonds is 6. The van der Waals surface area contributed by atoms with Gasteiger partial charge in [0.2, 0.25) is 0 Å². The molecule has 0 aliphatic rings. The highest BCUT2D eigenvalue weighted by Crippen LogP contribution is 1.90. The SMILES string of the molecule is CCN(CC)CC/N=C/c1ccccn1. The summed E-state index contributed by atoms with van der Waals surface area (Å²) in [6.45, 7) is 8.40. The highest BCUT2D eigenvalue weighted by atomic mass is 15.1. The molecular weight excluding hydrogens is 186 g/mol. The maximum atomic E-state index is 4.35. The van der Waals surface area contributed by atoms with E-state index in [0.717, 1.165) is 31.9 Å². The molecule has 15 heavy (non-hydrogen) atoms. The van der Waals surface area contributed by atoms with Crippen molar-refractivity contribution in [3.8, 4) is 0 Å². The Morgan fingerprint density at radius 3 is 2.73 bits per heavy atom. The molecule has 0 radical (unpaired) electrons. The van der Waals surface area contributed by atoms with Crippen LogP contribution in [0.5, 0.6) is 0 Å². The van der Waals surface area contributed by atoms with Crippen LogP contribution in [0.3, 0.4) is 0 Å². The standard InChI is InChI=1S/C12H19N3/c1-3-15(4-2)10-9-13-11-12-7-5-6-8-14-12/h5-8,11H,3-4,9-10H2,1-2H3/b13-11+. The zero-order chi connectivity index (χ0) is 10.9. The monoisotopic (exact) mass is 205 g/mol. The van der Waals surface area contributed by atoms with Crippen LogP contribution in [0.1, 0.15) is 19.5 Å². The molecule has 1 aromatic rings. The molecular formula is C12H19N3. The second-order valence-corrected chi connectivity index (χ2v) is 3.32. The maximum absolute atomic E-state index is 4.35.